The summed E-state index contributed by atoms with van der Waals surface area (Å²) in [5.41, 5.74) is 1.42. The molecule has 0 fully saturated rings. The fraction of sp³-hybridized carbons (Fsp3) is 0.556. The van der Waals surface area contributed by atoms with E-state index in [1.54, 1.807) is 0 Å². The third kappa shape index (κ3) is 7.71. The van der Waals surface area contributed by atoms with Crippen molar-refractivity contribution in [2.24, 2.45) is 0 Å². The summed E-state index contributed by atoms with van der Waals surface area (Å²) < 4.78 is 5.58. The monoisotopic (exact) mass is 260 g/mol. The maximum absolute atomic E-state index is 5.58. The van der Waals surface area contributed by atoms with Gasteiger partial charge in [-0.15, -0.1) is 0 Å². The molecule has 1 heteroatoms. The second-order valence-electron chi connectivity index (χ2n) is 5.04. The Balaban J connectivity index is 2.17. The highest BCUT2D eigenvalue weighted by atomic mass is 16.5. The first-order valence-corrected chi connectivity index (χ1v) is 7.69. The molecular weight excluding hydrogens is 232 g/mol. The first-order valence-electron chi connectivity index (χ1n) is 7.69. The summed E-state index contributed by atoms with van der Waals surface area (Å²) in [6.45, 7) is 4.93. The lowest BCUT2D eigenvalue weighted by Gasteiger charge is -2.05. The lowest BCUT2D eigenvalue weighted by atomic mass is 10.0. The first-order chi connectivity index (χ1) is 9.36. The van der Waals surface area contributed by atoms with Crippen LogP contribution in [0.1, 0.15) is 57.9 Å². The standard InChI is InChI=1S/C18H28O/c1-3-5-7-8-9-10-11-17-12-14-18(15-13-17)19-16-6-4-2/h4,6,12-15H,3,5,7-11,16H2,1-2H3/b6-4+. The number of ether oxygens (including phenoxy) is 1. The lowest BCUT2D eigenvalue weighted by molar-refractivity contribution is 0.362. The zero-order valence-corrected chi connectivity index (χ0v) is 12.5. The molecule has 0 bridgehead atoms. The first kappa shape index (κ1) is 15.8. The van der Waals surface area contributed by atoms with Gasteiger partial charge < -0.3 is 4.74 Å². The van der Waals surface area contributed by atoms with Gasteiger partial charge in [0, 0.05) is 0 Å². The van der Waals surface area contributed by atoms with Crippen LogP contribution in [-0.4, -0.2) is 6.61 Å². The Morgan fingerprint density at radius 2 is 1.63 bits per heavy atom. The van der Waals surface area contributed by atoms with Crippen LogP contribution in [0.3, 0.4) is 0 Å². The molecule has 19 heavy (non-hydrogen) atoms. The molecule has 0 atom stereocenters. The Bertz CT molecular complexity index is 337. The van der Waals surface area contributed by atoms with Crippen molar-refractivity contribution in [3.8, 4) is 5.75 Å². The maximum atomic E-state index is 5.58. The summed E-state index contributed by atoms with van der Waals surface area (Å²) in [5.74, 6) is 0.963. The molecule has 0 spiro atoms. The van der Waals surface area contributed by atoms with Gasteiger partial charge >= 0.3 is 0 Å². The van der Waals surface area contributed by atoms with Gasteiger partial charge in [-0.1, -0.05) is 63.3 Å². The molecule has 0 aliphatic heterocycles. The van der Waals surface area contributed by atoms with Crippen LogP contribution >= 0.6 is 0 Å². The van der Waals surface area contributed by atoms with E-state index in [4.69, 9.17) is 4.74 Å². The molecular formula is C18H28O. The number of aryl methyl sites for hydroxylation is 1. The minimum absolute atomic E-state index is 0.660. The number of rotatable bonds is 10. The molecule has 0 amide bonds. The van der Waals surface area contributed by atoms with E-state index in [9.17, 15) is 0 Å². The highest BCUT2D eigenvalue weighted by Crippen LogP contribution is 2.15. The van der Waals surface area contributed by atoms with Gasteiger partial charge in [0.25, 0.3) is 0 Å². The summed E-state index contributed by atoms with van der Waals surface area (Å²) >= 11 is 0. The molecule has 0 radical (unpaired) electrons. The number of hydrogen-bond donors (Lipinski definition) is 0. The highest BCUT2D eigenvalue weighted by molar-refractivity contribution is 5.27. The normalized spacial score (nSPS) is 11.1. The van der Waals surface area contributed by atoms with Gasteiger partial charge in [-0.2, -0.15) is 0 Å². The fourth-order valence-electron chi connectivity index (χ4n) is 2.10. The van der Waals surface area contributed by atoms with Crippen molar-refractivity contribution in [2.75, 3.05) is 6.61 Å². The van der Waals surface area contributed by atoms with E-state index < -0.39 is 0 Å². The van der Waals surface area contributed by atoms with Gasteiger partial charge in [-0.3, -0.25) is 0 Å². The van der Waals surface area contributed by atoms with Crippen LogP contribution in [0.2, 0.25) is 0 Å². The van der Waals surface area contributed by atoms with Crippen LogP contribution in [0.15, 0.2) is 36.4 Å². The van der Waals surface area contributed by atoms with Gasteiger partial charge in [0.15, 0.2) is 0 Å². The summed E-state index contributed by atoms with van der Waals surface area (Å²) in [7, 11) is 0. The lowest BCUT2D eigenvalue weighted by Crippen LogP contribution is -1.93. The van der Waals surface area contributed by atoms with E-state index in [0.717, 1.165) is 5.75 Å². The highest BCUT2D eigenvalue weighted by Gasteiger charge is 1.96. The second-order valence-corrected chi connectivity index (χ2v) is 5.04. The molecule has 0 unspecified atom stereocenters. The predicted molar refractivity (Wildman–Crippen MR) is 83.8 cm³/mol. The largest absolute Gasteiger partial charge is 0.490 e. The maximum Gasteiger partial charge on any atom is 0.119 e. The van der Waals surface area contributed by atoms with E-state index in [2.05, 4.69) is 31.2 Å². The molecule has 0 aliphatic rings. The fourth-order valence-corrected chi connectivity index (χ4v) is 2.10. The van der Waals surface area contributed by atoms with Gasteiger partial charge in [0.1, 0.15) is 12.4 Å². The van der Waals surface area contributed by atoms with Crippen molar-refractivity contribution in [1.82, 2.24) is 0 Å². The minimum atomic E-state index is 0.660. The quantitative estimate of drug-likeness (QED) is 0.396. The molecule has 0 aromatic heterocycles. The zero-order valence-electron chi connectivity index (χ0n) is 12.5. The molecule has 0 N–H and O–H groups in total. The Morgan fingerprint density at radius 3 is 2.32 bits per heavy atom. The molecule has 0 aliphatic carbocycles. The van der Waals surface area contributed by atoms with Crippen LogP contribution in [-0.2, 0) is 6.42 Å². The van der Waals surface area contributed by atoms with E-state index in [-0.39, 0.29) is 0 Å². The molecule has 1 aromatic rings. The van der Waals surface area contributed by atoms with Gasteiger partial charge in [-0.05, 0) is 37.5 Å². The molecule has 0 saturated carbocycles. The van der Waals surface area contributed by atoms with Crippen LogP contribution < -0.4 is 4.74 Å². The molecule has 1 aromatic carbocycles. The van der Waals surface area contributed by atoms with E-state index in [1.165, 1.54) is 50.5 Å². The molecule has 0 saturated heterocycles. The molecule has 1 nitrogen and oxygen atoms in total. The summed E-state index contributed by atoms with van der Waals surface area (Å²) in [6, 6.07) is 8.54. The average Bonchev–Trinajstić information content (AvgIpc) is 2.44. The predicted octanol–water partition coefficient (Wildman–Crippen LogP) is 5.54. The van der Waals surface area contributed by atoms with Crippen molar-refractivity contribution in [3.63, 3.8) is 0 Å². The Hall–Kier alpha value is -1.24. The Morgan fingerprint density at radius 1 is 0.947 bits per heavy atom. The molecule has 1 rings (SSSR count). The second kappa shape index (κ2) is 10.7. The number of unbranched alkanes of at least 4 members (excludes halogenated alkanes) is 5. The molecule has 0 heterocycles. The SMILES string of the molecule is C/C=C/COc1ccc(CCCCCCCC)cc1. The van der Waals surface area contributed by atoms with Crippen LogP contribution in [0, 0.1) is 0 Å². The van der Waals surface area contributed by atoms with Crippen molar-refractivity contribution in [3.05, 3.63) is 42.0 Å². The Labute approximate surface area is 118 Å². The average molecular weight is 260 g/mol. The number of allylic oxidation sites excluding steroid dienone is 1. The number of hydrogen-bond acceptors (Lipinski definition) is 1. The summed E-state index contributed by atoms with van der Waals surface area (Å²) in [5, 5.41) is 0. The van der Waals surface area contributed by atoms with Crippen molar-refractivity contribution in [1.29, 1.82) is 0 Å². The smallest absolute Gasteiger partial charge is 0.119 e. The van der Waals surface area contributed by atoms with Crippen LogP contribution in [0.5, 0.6) is 5.75 Å². The van der Waals surface area contributed by atoms with E-state index in [0.29, 0.717) is 6.61 Å². The van der Waals surface area contributed by atoms with E-state index in [1.807, 2.05) is 19.1 Å². The topological polar surface area (TPSA) is 9.23 Å². The van der Waals surface area contributed by atoms with Crippen molar-refractivity contribution in [2.45, 2.75) is 58.8 Å². The third-order valence-electron chi connectivity index (χ3n) is 3.32. The zero-order chi connectivity index (χ0) is 13.8. The third-order valence-corrected chi connectivity index (χ3v) is 3.32. The summed E-state index contributed by atoms with van der Waals surface area (Å²) in [4.78, 5) is 0. The van der Waals surface area contributed by atoms with E-state index >= 15 is 0 Å². The van der Waals surface area contributed by atoms with Crippen LogP contribution in [0.25, 0.3) is 0 Å². The Kier molecular flexibility index (Phi) is 8.87. The minimum Gasteiger partial charge on any atom is -0.490 e. The number of benzene rings is 1. The molecule has 106 valence electrons. The van der Waals surface area contributed by atoms with Crippen molar-refractivity contribution < 1.29 is 4.74 Å². The van der Waals surface area contributed by atoms with Gasteiger partial charge in [-0.25, -0.2) is 0 Å². The van der Waals surface area contributed by atoms with Crippen molar-refractivity contribution >= 4 is 0 Å². The van der Waals surface area contributed by atoms with Crippen LogP contribution in [0.4, 0.5) is 0 Å². The van der Waals surface area contributed by atoms with Gasteiger partial charge in [0.05, 0.1) is 0 Å². The van der Waals surface area contributed by atoms with Gasteiger partial charge in [0.2, 0.25) is 0 Å². The summed E-state index contributed by atoms with van der Waals surface area (Å²) in [6.07, 6.45) is 13.4.